The van der Waals surface area contributed by atoms with Crippen LogP contribution in [-0.2, 0) is 4.79 Å². The minimum Gasteiger partial charge on any atom is -0.368 e. The quantitative estimate of drug-likeness (QED) is 0.867. The van der Waals surface area contributed by atoms with Gasteiger partial charge in [-0.1, -0.05) is 29.8 Å². The van der Waals surface area contributed by atoms with Crippen LogP contribution in [0.5, 0.6) is 0 Å². The van der Waals surface area contributed by atoms with E-state index in [1.165, 1.54) is 5.69 Å². The molecule has 0 aromatic heterocycles. The summed E-state index contributed by atoms with van der Waals surface area (Å²) in [6.07, 6.45) is 0. The number of hydrogen-bond acceptors (Lipinski definition) is 3. The molecule has 26 heavy (non-hydrogen) atoms. The molecule has 1 saturated heterocycles. The lowest BCUT2D eigenvalue weighted by molar-refractivity contribution is -0.130. The molecule has 2 aromatic carbocycles. The highest BCUT2D eigenvalue weighted by Gasteiger charge is 2.21. The molecule has 3 amide bonds. The summed E-state index contributed by atoms with van der Waals surface area (Å²) in [7, 11) is 0. The second kappa shape index (κ2) is 8.58. The zero-order valence-electron chi connectivity index (χ0n) is 14.3. The van der Waals surface area contributed by atoms with Gasteiger partial charge in [-0.15, -0.1) is 0 Å². The van der Waals surface area contributed by atoms with Gasteiger partial charge in [0, 0.05) is 42.6 Å². The number of anilines is 2. The van der Waals surface area contributed by atoms with Crippen LogP contribution in [0.1, 0.15) is 0 Å². The minimum absolute atomic E-state index is 0.0231. The molecule has 0 unspecified atom stereocenters. The number of urea groups is 1. The molecule has 2 N–H and O–H groups in total. The normalized spacial score (nSPS) is 14.0. The maximum absolute atomic E-state index is 12.3. The van der Waals surface area contributed by atoms with Gasteiger partial charge in [-0.25, -0.2) is 4.79 Å². The van der Waals surface area contributed by atoms with Crippen LogP contribution in [0.15, 0.2) is 54.6 Å². The van der Waals surface area contributed by atoms with Crippen LogP contribution >= 0.6 is 11.6 Å². The number of hydrogen-bond donors (Lipinski definition) is 2. The number of para-hydroxylation sites is 1. The van der Waals surface area contributed by atoms with Gasteiger partial charge in [-0.2, -0.15) is 0 Å². The first kappa shape index (κ1) is 18.1. The topological polar surface area (TPSA) is 64.7 Å². The first-order chi connectivity index (χ1) is 12.6. The summed E-state index contributed by atoms with van der Waals surface area (Å²) in [5.41, 5.74) is 1.79. The van der Waals surface area contributed by atoms with E-state index >= 15 is 0 Å². The highest BCUT2D eigenvalue weighted by molar-refractivity contribution is 6.30. The molecule has 1 aliphatic heterocycles. The number of halogens is 1. The lowest BCUT2D eigenvalue weighted by Crippen LogP contribution is -2.51. The van der Waals surface area contributed by atoms with Crippen molar-refractivity contribution in [2.45, 2.75) is 0 Å². The predicted octanol–water partition coefficient (Wildman–Crippen LogP) is 2.81. The van der Waals surface area contributed by atoms with Crippen LogP contribution in [-0.4, -0.2) is 49.6 Å². The monoisotopic (exact) mass is 372 g/mol. The zero-order chi connectivity index (χ0) is 18.4. The maximum Gasteiger partial charge on any atom is 0.319 e. The van der Waals surface area contributed by atoms with Crippen molar-refractivity contribution in [1.82, 2.24) is 10.2 Å². The van der Waals surface area contributed by atoms with Gasteiger partial charge in [0.1, 0.15) is 0 Å². The van der Waals surface area contributed by atoms with Crippen LogP contribution in [0.25, 0.3) is 0 Å². The minimum atomic E-state index is -0.413. The van der Waals surface area contributed by atoms with Gasteiger partial charge in [0.2, 0.25) is 5.91 Å². The van der Waals surface area contributed by atoms with Crippen LogP contribution in [0, 0.1) is 0 Å². The Bertz CT molecular complexity index is 744. The smallest absolute Gasteiger partial charge is 0.319 e. The van der Waals surface area contributed by atoms with Crippen molar-refractivity contribution < 1.29 is 9.59 Å². The fraction of sp³-hybridized carbons (Fsp3) is 0.263. The van der Waals surface area contributed by atoms with Crippen molar-refractivity contribution in [2.75, 3.05) is 42.9 Å². The Hall–Kier alpha value is -2.73. The number of rotatable bonds is 4. The zero-order valence-corrected chi connectivity index (χ0v) is 15.1. The molecular formula is C19H21ClN4O2. The van der Waals surface area contributed by atoms with E-state index in [4.69, 9.17) is 11.6 Å². The molecule has 136 valence electrons. The summed E-state index contributed by atoms with van der Waals surface area (Å²) in [4.78, 5) is 28.2. The standard InChI is InChI=1S/C19H21ClN4O2/c20-15-6-8-16(9-7-15)22-19(26)21-14-18(25)24-12-10-23(11-13-24)17-4-2-1-3-5-17/h1-9H,10-14H2,(H2,21,22,26). The van der Waals surface area contributed by atoms with E-state index < -0.39 is 6.03 Å². The third-order valence-corrected chi connectivity index (χ3v) is 4.51. The molecule has 0 spiro atoms. The van der Waals surface area contributed by atoms with E-state index in [1.807, 2.05) is 18.2 Å². The fourth-order valence-corrected chi connectivity index (χ4v) is 2.96. The van der Waals surface area contributed by atoms with Gasteiger partial charge in [0.05, 0.1) is 6.54 Å². The molecule has 3 rings (SSSR count). The summed E-state index contributed by atoms with van der Waals surface area (Å²) < 4.78 is 0. The fourth-order valence-electron chi connectivity index (χ4n) is 2.83. The Balaban J connectivity index is 1.41. The Morgan fingerprint density at radius 3 is 2.23 bits per heavy atom. The molecule has 1 heterocycles. The molecule has 0 bridgehead atoms. The maximum atomic E-state index is 12.3. The van der Waals surface area contributed by atoms with Crippen LogP contribution in [0.3, 0.4) is 0 Å². The molecule has 0 radical (unpaired) electrons. The number of nitrogens with zero attached hydrogens (tertiary/aromatic N) is 2. The Morgan fingerprint density at radius 1 is 0.923 bits per heavy atom. The van der Waals surface area contributed by atoms with Crippen molar-refractivity contribution in [1.29, 1.82) is 0 Å². The van der Waals surface area contributed by atoms with E-state index in [0.717, 1.165) is 13.1 Å². The average molecular weight is 373 g/mol. The van der Waals surface area contributed by atoms with Gasteiger partial charge in [0.15, 0.2) is 0 Å². The second-order valence-corrected chi connectivity index (χ2v) is 6.45. The van der Waals surface area contributed by atoms with E-state index in [-0.39, 0.29) is 12.5 Å². The third-order valence-electron chi connectivity index (χ3n) is 4.26. The van der Waals surface area contributed by atoms with Gasteiger partial charge in [-0.05, 0) is 36.4 Å². The summed E-state index contributed by atoms with van der Waals surface area (Å²) in [6.45, 7) is 2.84. The summed E-state index contributed by atoms with van der Waals surface area (Å²) >= 11 is 5.80. The highest BCUT2D eigenvalue weighted by Crippen LogP contribution is 2.15. The third kappa shape index (κ3) is 4.89. The van der Waals surface area contributed by atoms with E-state index in [0.29, 0.717) is 23.8 Å². The van der Waals surface area contributed by atoms with Crippen molar-refractivity contribution in [3.05, 3.63) is 59.6 Å². The van der Waals surface area contributed by atoms with Gasteiger partial charge < -0.3 is 20.4 Å². The number of carbonyl (C=O) groups is 2. The molecule has 6 nitrogen and oxygen atoms in total. The molecular weight excluding hydrogens is 352 g/mol. The predicted molar refractivity (Wildman–Crippen MR) is 104 cm³/mol. The Labute approximate surface area is 157 Å². The molecule has 0 aliphatic carbocycles. The molecule has 0 atom stereocenters. The first-order valence-corrected chi connectivity index (χ1v) is 8.88. The number of amides is 3. The number of benzene rings is 2. The van der Waals surface area contributed by atoms with Crippen LogP contribution < -0.4 is 15.5 Å². The molecule has 1 aliphatic rings. The number of carbonyl (C=O) groups excluding carboxylic acids is 2. The van der Waals surface area contributed by atoms with E-state index in [9.17, 15) is 9.59 Å². The molecule has 2 aromatic rings. The molecule has 0 saturated carbocycles. The first-order valence-electron chi connectivity index (χ1n) is 8.50. The SMILES string of the molecule is O=C(NCC(=O)N1CCN(c2ccccc2)CC1)Nc1ccc(Cl)cc1. The average Bonchev–Trinajstić information content (AvgIpc) is 2.69. The van der Waals surface area contributed by atoms with Gasteiger partial charge in [0.25, 0.3) is 0 Å². The highest BCUT2D eigenvalue weighted by atomic mass is 35.5. The van der Waals surface area contributed by atoms with Gasteiger partial charge >= 0.3 is 6.03 Å². The molecule has 1 fully saturated rings. The molecule has 7 heteroatoms. The summed E-state index contributed by atoms with van der Waals surface area (Å²) in [5, 5.41) is 5.86. The van der Waals surface area contributed by atoms with Crippen molar-refractivity contribution in [3.8, 4) is 0 Å². The van der Waals surface area contributed by atoms with Crippen LogP contribution in [0.4, 0.5) is 16.2 Å². The lowest BCUT2D eigenvalue weighted by Gasteiger charge is -2.36. The Morgan fingerprint density at radius 2 is 1.58 bits per heavy atom. The van der Waals surface area contributed by atoms with Crippen LogP contribution in [0.2, 0.25) is 5.02 Å². The van der Waals surface area contributed by atoms with Crippen molar-refractivity contribution in [3.63, 3.8) is 0 Å². The van der Waals surface area contributed by atoms with E-state index in [2.05, 4.69) is 27.7 Å². The van der Waals surface area contributed by atoms with Crippen molar-refractivity contribution in [2.24, 2.45) is 0 Å². The summed E-state index contributed by atoms with van der Waals surface area (Å²) in [6, 6.07) is 16.5. The van der Waals surface area contributed by atoms with Crippen molar-refractivity contribution >= 4 is 34.9 Å². The number of piperazine rings is 1. The van der Waals surface area contributed by atoms with E-state index in [1.54, 1.807) is 29.2 Å². The number of nitrogens with one attached hydrogen (secondary N) is 2. The Kier molecular flexibility index (Phi) is 5.96. The largest absolute Gasteiger partial charge is 0.368 e. The van der Waals surface area contributed by atoms with Gasteiger partial charge in [-0.3, -0.25) is 4.79 Å². The lowest BCUT2D eigenvalue weighted by atomic mass is 10.2. The second-order valence-electron chi connectivity index (χ2n) is 6.02. The summed E-state index contributed by atoms with van der Waals surface area (Å²) in [5.74, 6) is -0.0797.